The van der Waals surface area contributed by atoms with E-state index in [0.29, 0.717) is 32.6 Å². The molecule has 0 atom stereocenters. The van der Waals surface area contributed by atoms with Crippen molar-refractivity contribution < 1.29 is 19.1 Å². The maximum absolute atomic E-state index is 12.6. The zero-order valence-corrected chi connectivity index (χ0v) is 12.5. The smallest absolute Gasteiger partial charge is 0.325 e. The number of carbonyl (C=O) groups is 2. The van der Waals surface area contributed by atoms with Crippen LogP contribution in [0.1, 0.15) is 39.0 Å². The second-order valence-electron chi connectivity index (χ2n) is 5.24. The number of nitrogens with zero attached hydrogens (tertiary/aromatic N) is 1. The van der Waals surface area contributed by atoms with E-state index in [2.05, 4.69) is 0 Å². The topological polar surface area (TPSA) is 81.9 Å². The lowest BCUT2D eigenvalue weighted by Crippen LogP contribution is -2.57. The summed E-state index contributed by atoms with van der Waals surface area (Å²) in [6, 6.07) is 0. The quantitative estimate of drug-likeness (QED) is 0.696. The third-order valence-corrected chi connectivity index (χ3v) is 3.65. The van der Waals surface area contributed by atoms with Crippen molar-refractivity contribution in [1.82, 2.24) is 4.90 Å². The van der Waals surface area contributed by atoms with Crippen molar-refractivity contribution in [2.45, 2.75) is 44.6 Å². The molecule has 1 rings (SSSR count). The lowest BCUT2D eigenvalue weighted by atomic mass is 9.81. The Kier molecular flexibility index (Phi) is 6.95. The van der Waals surface area contributed by atoms with Crippen LogP contribution < -0.4 is 5.73 Å². The summed E-state index contributed by atoms with van der Waals surface area (Å²) in [6.45, 7) is 2.72. The number of rotatable bonds is 7. The summed E-state index contributed by atoms with van der Waals surface area (Å²) >= 11 is 0. The Balaban J connectivity index is 2.69. The number of ether oxygens (including phenoxy) is 2. The second-order valence-corrected chi connectivity index (χ2v) is 5.24. The summed E-state index contributed by atoms with van der Waals surface area (Å²) in [7, 11) is 1.56. The molecule has 0 aromatic heterocycles. The van der Waals surface area contributed by atoms with Crippen LogP contribution in [0.15, 0.2) is 0 Å². The lowest BCUT2D eigenvalue weighted by Gasteiger charge is -2.36. The van der Waals surface area contributed by atoms with Crippen LogP contribution in [0, 0.1) is 0 Å². The molecule has 0 aromatic rings. The Morgan fingerprint density at radius 3 is 2.45 bits per heavy atom. The van der Waals surface area contributed by atoms with E-state index in [1.807, 2.05) is 0 Å². The van der Waals surface area contributed by atoms with Crippen LogP contribution in [0.5, 0.6) is 0 Å². The van der Waals surface area contributed by atoms with Crippen molar-refractivity contribution in [3.63, 3.8) is 0 Å². The van der Waals surface area contributed by atoms with E-state index in [0.717, 1.165) is 19.3 Å². The van der Waals surface area contributed by atoms with Gasteiger partial charge in [-0.25, -0.2) is 0 Å². The van der Waals surface area contributed by atoms with Crippen LogP contribution in [-0.2, 0) is 19.1 Å². The van der Waals surface area contributed by atoms with Crippen LogP contribution in [-0.4, -0.2) is 55.7 Å². The molecule has 0 saturated heterocycles. The summed E-state index contributed by atoms with van der Waals surface area (Å²) in [5.41, 5.74) is 5.41. The van der Waals surface area contributed by atoms with Crippen LogP contribution in [0.2, 0.25) is 0 Å². The molecule has 2 N–H and O–H groups in total. The average Bonchev–Trinajstić information content (AvgIpc) is 2.43. The molecule has 6 heteroatoms. The van der Waals surface area contributed by atoms with Crippen molar-refractivity contribution in [3.8, 4) is 0 Å². The molecule has 0 spiro atoms. The van der Waals surface area contributed by atoms with Crippen LogP contribution in [0.3, 0.4) is 0 Å². The van der Waals surface area contributed by atoms with E-state index in [-0.39, 0.29) is 12.5 Å². The highest BCUT2D eigenvalue weighted by Crippen LogP contribution is 2.27. The van der Waals surface area contributed by atoms with Crippen molar-refractivity contribution >= 4 is 11.9 Å². The molecule has 0 unspecified atom stereocenters. The van der Waals surface area contributed by atoms with Crippen LogP contribution in [0.25, 0.3) is 0 Å². The molecule has 0 aromatic carbocycles. The van der Waals surface area contributed by atoms with Gasteiger partial charge in [0.2, 0.25) is 5.91 Å². The second kappa shape index (κ2) is 8.21. The van der Waals surface area contributed by atoms with Gasteiger partial charge in [0.05, 0.1) is 18.8 Å². The molecule has 1 amide bonds. The summed E-state index contributed by atoms with van der Waals surface area (Å²) in [4.78, 5) is 25.7. The Morgan fingerprint density at radius 2 is 1.90 bits per heavy atom. The molecule has 116 valence electrons. The highest BCUT2D eigenvalue weighted by molar-refractivity contribution is 5.89. The highest BCUT2D eigenvalue weighted by atomic mass is 16.5. The number of hydrogen-bond acceptors (Lipinski definition) is 5. The summed E-state index contributed by atoms with van der Waals surface area (Å²) < 4.78 is 9.91. The van der Waals surface area contributed by atoms with E-state index in [4.69, 9.17) is 15.2 Å². The van der Waals surface area contributed by atoms with E-state index in [9.17, 15) is 9.59 Å². The maximum atomic E-state index is 12.6. The zero-order chi connectivity index (χ0) is 15.0. The van der Waals surface area contributed by atoms with Gasteiger partial charge in [-0.3, -0.25) is 9.59 Å². The predicted octanol–water partition coefficient (Wildman–Crippen LogP) is 0.686. The van der Waals surface area contributed by atoms with Gasteiger partial charge >= 0.3 is 5.97 Å². The van der Waals surface area contributed by atoms with Gasteiger partial charge < -0.3 is 20.1 Å². The number of methoxy groups -OCH3 is 1. The Hall–Kier alpha value is -1.14. The minimum Gasteiger partial charge on any atom is -0.465 e. The minimum absolute atomic E-state index is 0.0605. The largest absolute Gasteiger partial charge is 0.465 e. The normalized spacial score (nSPS) is 17.6. The molecular formula is C14H26N2O4. The maximum Gasteiger partial charge on any atom is 0.325 e. The molecule has 0 aliphatic heterocycles. The number of hydrogen-bond donors (Lipinski definition) is 1. The summed E-state index contributed by atoms with van der Waals surface area (Å²) in [6.07, 6.45) is 4.39. The summed E-state index contributed by atoms with van der Waals surface area (Å²) in [5, 5.41) is 0. The fourth-order valence-corrected chi connectivity index (χ4v) is 2.53. The van der Waals surface area contributed by atoms with Crippen LogP contribution in [0.4, 0.5) is 0 Å². The van der Waals surface area contributed by atoms with E-state index < -0.39 is 11.5 Å². The zero-order valence-electron chi connectivity index (χ0n) is 12.5. The fraction of sp³-hybridized carbons (Fsp3) is 0.857. The van der Waals surface area contributed by atoms with Crippen molar-refractivity contribution in [1.29, 1.82) is 0 Å². The molecule has 1 saturated carbocycles. The first-order chi connectivity index (χ1) is 9.53. The molecule has 20 heavy (non-hydrogen) atoms. The number of nitrogens with two attached hydrogens (primary N) is 1. The number of esters is 1. The number of amides is 1. The third kappa shape index (κ3) is 4.76. The Bertz CT molecular complexity index is 327. The van der Waals surface area contributed by atoms with Crippen molar-refractivity contribution in [3.05, 3.63) is 0 Å². The monoisotopic (exact) mass is 286 g/mol. The summed E-state index contributed by atoms with van der Waals surface area (Å²) in [5.74, 6) is -0.571. The molecule has 1 aliphatic rings. The Morgan fingerprint density at radius 1 is 1.25 bits per heavy atom. The third-order valence-electron chi connectivity index (χ3n) is 3.65. The van der Waals surface area contributed by atoms with Gasteiger partial charge in [-0.15, -0.1) is 0 Å². The Labute approximate surface area is 120 Å². The molecule has 1 fully saturated rings. The molecular weight excluding hydrogens is 260 g/mol. The van der Waals surface area contributed by atoms with Gasteiger partial charge in [-0.1, -0.05) is 19.3 Å². The lowest BCUT2D eigenvalue weighted by molar-refractivity contribution is -0.151. The van der Waals surface area contributed by atoms with Gasteiger partial charge in [-0.2, -0.15) is 0 Å². The van der Waals surface area contributed by atoms with Gasteiger partial charge in [0.25, 0.3) is 0 Å². The first-order valence-electron chi connectivity index (χ1n) is 7.26. The van der Waals surface area contributed by atoms with E-state index in [1.54, 1.807) is 14.0 Å². The van der Waals surface area contributed by atoms with E-state index >= 15 is 0 Å². The first kappa shape index (κ1) is 16.9. The standard InChI is InChI=1S/C14H26N2O4/c1-3-20-12(17)11-16(9-10-19-2)13(18)14(15)7-5-4-6-8-14/h3-11,15H2,1-2H3. The van der Waals surface area contributed by atoms with E-state index in [1.165, 1.54) is 4.90 Å². The average molecular weight is 286 g/mol. The van der Waals surface area contributed by atoms with Gasteiger partial charge in [-0.05, 0) is 19.8 Å². The number of carbonyl (C=O) groups excluding carboxylic acids is 2. The van der Waals surface area contributed by atoms with Gasteiger partial charge in [0, 0.05) is 13.7 Å². The molecule has 0 heterocycles. The highest BCUT2D eigenvalue weighted by Gasteiger charge is 2.38. The fourth-order valence-electron chi connectivity index (χ4n) is 2.53. The van der Waals surface area contributed by atoms with Crippen molar-refractivity contribution in [2.75, 3.05) is 33.4 Å². The van der Waals surface area contributed by atoms with Gasteiger partial charge in [0.1, 0.15) is 6.54 Å². The van der Waals surface area contributed by atoms with Gasteiger partial charge in [0.15, 0.2) is 0 Å². The predicted molar refractivity (Wildman–Crippen MR) is 75.1 cm³/mol. The molecule has 0 radical (unpaired) electrons. The van der Waals surface area contributed by atoms with Crippen molar-refractivity contribution in [2.24, 2.45) is 5.73 Å². The molecule has 0 bridgehead atoms. The van der Waals surface area contributed by atoms with Crippen LogP contribution >= 0.6 is 0 Å². The SMILES string of the molecule is CCOC(=O)CN(CCOC)C(=O)C1(N)CCCCC1. The minimum atomic E-state index is -0.835. The molecule has 6 nitrogen and oxygen atoms in total. The molecule has 1 aliphatic carbocycles. The first-order valence-corrected chi connectivity index (χ1v) is 7.26.